The van der Waals surface area contributed by atoms with Crippen molar-refractivity contribution in [3.8, 4) is 0 Å². The van der Waals surface area contributed by atoms with Crippen molar-refractivity contribution in [1.29, 1.82) is 0 Å². The molecule has 3 nitrogen and oxygen atoms in total. The van der Waals surface area contributed by atoms with E-state index in [1.54, 1.807) is 0 Å². The van der Waals surface area contributed by atoms with Crippen molar-refractivity contribution in [3.05, 3.63) is 35.9 Å². The van der Waals surface area contributed by atoms with Crippen molar-refractivity contribution in [3.63, 3.8) is 0 Å². The number of benzene rings is 1. The summed E-state index contributed by atoms with van der Waals surface area (Å²) in [6.07, 6.45) is 1.23. The number of nitrogens with zero attached hydrogens (tertiary/aromatic N) is 1. The van der Waals surface area contributed by atoms with Crippen LogP contribution in [-0.4, -0.2) is 42.9 Å². The molecule has 2 aliphatic heterocycles. The van der Waals surface area contributed by atoms with Crippen molar-refractivity contribution in [2.75, 3.05) is 26.3 Å². The molecule has 3 rings (SSSR count). The van der Waals surface area contributed by atoms with Gasteiger partial charge < -0.3 is 9.47 Å². The predicted molar refractivity (Wildman–Crippen MR) is 75.1 cm³/mol. The van der Waals surface area contributed by atoms with Gasteiger partial charge in [0.1, 0.15) is 5.60 Å². The maximum absolute atomic E-state index is 6.09. The summed E-state index contributed by atoms with van der Waals surface area (Å²) in [6, 6.07) is 11.2. The molecule has 0 saturated carbocycles. The first-order valence-corrected chi connectivity index (χ1v) is 7.26. The van der Waals surface area contributed by atoms with Crippen LogP contribution in [0, 0.1) is 0 Å². The molecule has 3 atom stereocenters. The summed E-state index contributed by atoms with van der Waals surface area (Å²) < 4.78 is 11.8. The van der Waals surface area contributed by atoms with E-state index in [0.29, 0.717) is 6.04 Å². The Morgan fingerprint density at radius 1 is 1.26 bits per heavy atom. The van der Waals surface area contributed by atoms with Crippen LogP contribution in [0.5, 0.6) is 0 Å². The van der Waals surface area contributed by atoms with Crippen molar-refractivity contribution in [2.24, 2.45) is 0 Å². The molecule has 2 saturated heterocycles. The molecule has 1 aromatic rings. The number of morpholine rings is 1. The average Bonchev–Trinajstić information content (AvgIpc) is 2.80. The van der Waals surface area contributed by atoms with Crippen molar-refractivity contribution < 1.29 is 9.47 Å². The molecule has 2 fully saturated rings. The Bertz CT molecular complexity index is 422. The first kappa shape index (κ1) is 13.1. The van der Waals surface area contributed by atoms with Crippen molar-refractivity contribution in [1.82, 2.24) is 4.90 Å². The zero-order valence-corrected chi connectivity index (χ0v) is 11.8. The molecule has 2 heterocycles. The van der Waals surface area contributed by atoms with Gasteiger partial charge in [-0.3, -0.25) is 4.90 Å². The topological polar surface area (TPSA) is 21.7 Å². The first-order chi connectivity index (χ1) is 9.21. The van der Waals surface area contributed by atoms with Gasteiger partial charge in [-0.05, 0) is 19.4 Å². The highest BCUT2D eigenvalue weighted by Crippen LogP contribution is 2.35. The Hall–Kier alpha value is -0.900. The maximum atomic E-state index is 6.09. The standard InChI is InChI=1S/C16H23NO2/c1-13(15-6-4-3-5-7-15)17-9-11-19-16(12-17)8-10-18-14(16)2/h3-7,13-14H,8-12H2,1-2H3/t13-,14-,16-/m1/s1. The average molecular weight is 261 g/mol. The monoisotopic (exact) mass is 261 g/mol. The molecule has 0 radical (unpaired) electrons. The van der Waals surface area contributed by atoms with Crippen LogP contribution in [0.4, 0.5) is 0 Å². The molecular weight excluding hydrogens is 238 g/mol. The Morgan fingerprint density at radius 3 is 2.74 bits per heavy atom. The summed E-state index contributed by atoms with van der Waals surface area (Å²) in [7, 11) is 0. The van der Waals surface area contributed by atoms with Gasteiger partial charge >= 0.3 is 0 Å². The summed E-state index contributed by atoms with van der Waals surface area (Å²) in [5, 5.41) is 0. The zero-order valence-electron chi connectivity index (χ0n) is 11.8. The van der Waals surface area contributed by atoms with Gasteiger partial charge in [-0.25, -0.2) is 0 Å². The smallest absolute Gasteiger partial charge is 0.109 e. The van der Waals surface area contributed by atoms with Gasteiger partial charge in [0.2, 0.25) is 0 Å². The number of ether oxygens (including phenoxy) is 2. The molecule has 2 aliphatic rings. The quantitative estimate of drug-likeness (QED) is 0.817. The SMILES string of the molecule is C[C@H](c1ccccc1)N1CCO[C@]2(CCO[C@@H]2C)C1. The van der Waals surface area contributed by atoms with E-state index in [-0.39, 0.29) is 11.7 Å². The van der Waals surface area contributed by atoms with E-state index in [9.17, 15) is 0 Å². The second kappa shape index (κ2) is 5.23. The van der Waals surface area contributed by atoms with E-state index in [1.807, 2.05) is 0 Å². The Balaban J connectivity index is 1.75. The lowest BCUT2D eigenvalue weighted by molar-refractivity contribution is -0.142. The second-order valence-corrected chi connectivity index (χ2v) is 5.73. The fraction of sp³-hybridized carbons (Fsp3) is 0.625. The molecule has 3 heteroatoms. The molecule has 0 bridgehead atoms. The summed E-state index contributed by atoms with van der Waals surface area (Å²) in [5.74, 6) is 0. The van der Waals surface area contributed by atoms with E-state index in [2.05, 4.69) is 49.1 Å². The highest BCUT2D eigenvalue weighted by Gasteiger charge is 2.46. The van der Waals surface area contributed by atoms with Crippen LogP contribution in [0.15, 0.2) is 30.3 Å². The van der Waals surface area contributed by atoms with Crippen LogP contribution in [-0.2, 0) is 9.47 Å². The molecule has 0 aliphatic carbocycles. The molecule has 0 aromatic heterocycles. The fourth-order valence-corrected chi connectivity index (χ4v) is 3.27. The van der Waals surface area contributed by atoms with Crippen LogP contribution in [0.2, 0.25) is 0 Å². The maximum Gasteiger partial charge on any atom is 0.109 e. The predicted octanol–water partition coefficient (Wildman–Crippen LogP) is 2.63. The van der Waals surface area contributed by atoms with E-state index in [4.69, 9.17) is 9.47 Å². The third-order valence-corrected chi connectivity index (χ3v) is 4.70. The molecule has 104 valence electrons. The third-order valence-electron chi connectivity index (χ3n) is 4.70. The molecular formula is C16H23NO2. The lowest BCUT2D eigenvalue weighted by atomic mass is 9.92. The van der Waals surface area contributed by atoms with Crippen LogP contribution in [0.1, 0.15) is 31.9 Å². The largest absolute Gasteiger partial charge is 0.375 e. The third kappa shape index (κ3) is 2.42. The normalized spacial score (nSPS) is 33.7. The molecule has 19 heavy (non-hydrogen) atoms. The van der Waals surface area contributed by atoms with E-state index < -0.39 is 0 Å². The Kier molecular flexibility index (Phi) is 3.61. The summed E-state index contributed by atoms with van der Waals surface area (Å²) in [6.45, 7) is 8.05. The molecule has 1 spiro atoms. The van der Waals surface area contributed by atoms with Gasteiger partial charge in [0.25, 0.3) is 0 Å². The van der Waals surface area contributed by atoms with Crippen LogP contribution < -0.4 is 0 Å². The van der Waals surface area contributed by atoms with E-state index in [0.717, 1.165) is 32.7 Å². The van der Waals surface area contributed by atoms with Crippen LogP contribution in [0.3, 0.4) is 0 Å². The lowest BCUT2D eigenvalue weighted by Crippen LogP contribution is -2.55. The minimum absolute atomic E-state index is 0.0821. The fourth-order valence-electron chi connectivity index (χ4n) is 3.27. The number of rotatable bonds is 2. The van der Waals surface area contributed by atoms with Gasteiger partial charge in [-0.1, -0.05) is 30.3 Å². The summed E-state index contributed by atoms with van der Waals surface area (Å²) in [5.41, 5.74) is 1.30. The first-order valence-electron chi connectivity index (χ1n) is 7.26. The minimum atomic E-state index is -0.0821. The van der Waals surface area contributed by atoms with Crippen LogP contribution in [0.25, 0.3) is 0 Å². The van der Waals surface area contributed by atoms with Gasteiger partial charge in [0.05, 0.1) is 12.7 Å². The lowest BCUT2D eigenvalue weighted by Gasteiger charge is -2.44. The Morgan fingerprint density at radius 2 is 2.05 bits per heavy atom. The summed E-state index contributed by atoms with van der Waals surface area (Å²) in [4.78, 5) is 2.53. The van der Waals surface area contributed by atoms with Crippen molar-refractivity contribution >= 4 is 0 Å². The highest BCUT2D eigenvalue weighted by molar-refractivity contribution is 5.18. The van der Waals surface area contributed by atoms with E-state index in [1.165, 1.54) is 5.56 Å². The Labute approximate surface area is 115 Å². The molecule has 0 amide bonds. The van der Waals surface area contributed by atoms with Gasteiger partial charge in [0, 0.05) is 32.2 Å². The molecule has 0 unspecified atom stereocenters. The molecule has 1 aromatic carbocycles. The summed E-state index contributed by atoms with van der Waals surface area (Å²) >= 11 is 0. The van der Waals surface area contributed by atoms with Crippen LogP contribution >= 0.6 is 0 Å². The number of hydrogen-bond donors (Lipinski definition) is 0. The van der Waals surface area contributed by atoms with Gasteiger partial charge in [-0.2, -0.15) is 0 Å². The molecule has 0 N–H and O–H groups in total. The van der Waals surface area contributed by atoms with Crippen molar-refractivity contribution in [2.45, 2.75) is 38.0 Å². The van der Waals surface area contributed by atoms with Gasteiger partial charge in [-0.15, -0.1) is 0 Å². The van der Waals surface area contributed by atoms with E-state index >= 15 is 0 Å². The number of hydrogen-bond acceptors (Lipinski definition) is 3. The minimum Gasteiger partial charge on any atom is -0.375 e. The zero-order chi connectivity index (χ0) is 13.3. The van der Waals surface area contributed by atoms with Gasteiger partial charge in [0.15, 0.2) is 0 Å². The second-order valence-electron chi connectivity index (χ2n) is 5.73. The highest BCUT2D eigenvalue weighted by atomic mass is 16.6.